The van der Waals surface area contributed by atoms with Gasteiger partial charge in [-0.2, -0.15) is 4.98 Å². The van der Waals surface area contributed by atoms with Crippen LogP contribution in [0.2, 0.25) is 0 Å². The second kappa shape index (κ2) is 5.81. The maximum Gasteiger partial charge on any atom is 0.224 e. The second-order valence-electron chi connectivity index (χ2n) is 4.42. The number of aromatic nitrogens is 2. The fraction of sp³-hybridized carbons (Fsp3) is 0.286. The van der Waals surface area contributed by atoms with Crippen molar-refractivity contribution >= 4 is 11.8 Å². The van der Waals surface area contributed by atoms with Gasteiger partial charge in [-0.15, -0.1) is 0 Å². The van der Waals surface area contributed by atoms with Gasteiger partial charge in [0.25, 0.3) is 0 Å². The first-order valence-electron chi connectivity index (χ1n) is 6.22. The van der Waals surface area contributed by atoms with Crippen LogP contribution >= 0.6 is 0 Å². The second-order valence-corrected chi connectivity index (χ2v) is 4.42. The van der Waals surface area contributed by atoms with E-state index in [1.54, 1.807) is 44.1 Å². The molecule has 0 bridgehead atoms. The Morgan fingerprint density at radius 1 is 1.20 bits per heavy atom. The molecule has 1 N–H and O–H groups in total. The third-order valence-electron chi connectivity index (χ3n) is 3.22. The molecular formula is C14H16F2N4. The van der Waals surface area contributed by atoms with Crippen LogP contribution in [0.5, 0.6) is 0 Å². The summed E-state index contributed by atoms with van der Waals surface area (Å²) in [4.78, 5) is 9.44. The Hall–Kier alpha value is -2.24. The van der Waals surface area contributed by atoms with E-state index in [0.717, 1.165) is 6.20 Å². The molecule has 1 aromatic carbocycles. The molecule has 0 saturated heterocycles. The van der Waals surface area contributed by atoms with Gasteiger partial charge in [0.15, 0.2) is 11.6 Å². The van der Waals surface area contributed by atoms with Gasteiger partial charge in [0.2, 0.25) is 5.95 Å². The highest BCUT2D eigenvalue weighted by Crippen LogP contribution is 2.27. The molecule has 2 rings (SSSR count). The van der Waals surface area contributed by atoms with Crippen molar-refractivity contribution in [2.45, 2.75) is 13.0 Å². The van der Waals surface area contributed by atoms with Crippen LogP contribution in [0.1, 0.15) is 18.5 Å². The number of anilines is 2. The van der Waals surface area contributed by atoms with Crippen LogP contribution in [0, 0.1) is 11.6 Å². The highest BCUT2D eigenvalue weighted by atomic mass is 19.1. The zero-order valence-electron chi connectivity index (χ0n) is 11.6. The average molecular weight is 278 g/mol. The molecule has 1 aromatic heterocycles. The Balaban J connectivity index is 2.36. The SMILES string of the molecule is CNc1ncc(F)c(N(C)C(C)c2ccccc2F)n1. The summed E-state index contributed by atoms with van der Waals surface area (Å²) < 4.78 is 27.6. The van der Waals surface area contributed by atoms with Gasteiger partial charge in [0.1, 0.15) is 5.82 Å². The number of rotatable bonds is 4. The fourth-order valence-electron chi connectivity index (χ4n) is 1.93. The summed E-state index contributed by atoms with van der Waals surface area (Å²) in [5, 5.41) is 2.75. The van der Waals surface area contributed by atoms with E-state index in [1.807, 2.05) is 0 Å². The summed E-state index contributed by atoms with van der Waals surface area (Å²) in [6, 6.07) is 6.07. The average Bonchev–Trinajstić information content (AvgIpc) is 2.47. The summed E-state index contributed by atoms with van der Waals surface area (Å²) >= 11 is 0. The van der Waals surface area contributed by atoms with Gasteiger partial charge < -0.3 is 10.2 Å². The maximum atomic E-state index is 13.8. The molecule has 0 amide bonds. The van der Waals surface area contributed by atoms with Gasteiger partial charge in [0, 0.05) is 19.7 Å². The van der Waals surface area contributed by atoms with Crippen molar-refractivity contribution in [3.05, 3.63) is 47.7 Å². The first kappa shape index (κ1) is 14.2. The predicted octanol–water partition coefficient (Wildman–Crippen LogP) is 2.99. The number of benzene rings is 1. The van der Waals surface area contributed by atoms with Crippen LogP contribution < -0.4 is 10.2 Å². The van der Waals surface area contributed by atoms with Gasteiger partial charge in [-0.3, -0.25) is 0 Å². The molecule has 0 aliphatic heterocycles. The number of hydrogen-bond donors (Lipinski definition) is 1. The van der Waals surface area contributed by atoms with Crippen molar-refractivity contribution in [2.75, 3.05) is 24.3 Å². The van der Waals surface area contributed by atoms with E-state index in [9.17, 15) is 8.78 Å². The van der Waals surface area contributed by atoms with Crippen LogP contribution in [0.3, 0.4) is 0 Å². The molecule has 106 valence electrons. The standard InChI is InChI=1S/C14H16F2N4/c1-9(10-6-4-5-7-11(10)15)20(3)13-12(16)8-18-14(17-2)19-13/h4-9H,1-3H3,(H,17,18,19). The van der Waals surface area contributed by atoms with Gasteiger partial charge in [-0.25, -0.2) is 13.8 Å². The molecular weight excluding hydrogens is 262 g/mol. The van der Waals surface area contributed by atoms with Crippen molar-refractivity contribution in [1.29, 1.82) is 0 Å². The van der Waals surface area contributed by atoms with E-state index < -0.39 is 5.82 Å². The highest BCUT2D eigenvalue weighted by molar-refractivity contribution is 5.45. The Morgan fingerprint density at radius 2 is 1.90 bits per heavy atom. The monoisotopic (exact) mass is 278 g/mol. The smallest absolute Gasteiger partial charge is 0.224 e. The number of nitrogens with zero attached hydrogens (tertiary/aromatic N) is 3. The quantitative estimate of drug-likeness (QED) is 0.933. The molecule has 4 nitrogen and oxygen atoms in total. The highest BCUT2D eigenvalue weighted by Gasteiger charge is 2.20. The molecule has 1 unspecified atom stereocenters. The topological polar surface area (TPSA) is 41.1 Å². The summed E-state index contributed by atoms with van der Waals surface area (Å²) in [5.41, 5.74) is 0.485. The number of halogens is 2. The van der Waals surface area contributed by atoms with E-state index >= 15 is 0 Å². The molecule has 0 fully saturated rings. The van der Waals surface area contributed by atoms with E-state index in [1.165, 1.54) is 6.07 Å². The Kier molecular flexibility index (Phi) is 4.12. The van der Waals surface area contributed by atoms with Crippen molar-refractivity contribution in [3.8, 4) is 0 Å². The van der Waals surface area contributed by atoms with Crippen LogP contribution in [0.4, 0.5) is 20.5 Å². The van der Waals surface area contributed by atoms with Gasteiger partial charge >= 0.3 is 0 Å². The van der Waals surface area contributed by atoms with E-state index in [4.69, 9.17) is 0 Å². The minimum Gasteiger partial charge on any atom is -0.357 e. The third kappa shape index (κ3) is 2.68. The number of nitrogens with one attached hydrogen (secondary N) is 1. The van der Waals surface area contributed by atoms with Crippen molar-refractivity contribution < 1.29 is 8.78 Å². The molecule has 0 aliphatic carbocycles. The molecule has 0 radical (unpaired) electrons. The normalized spacial score (nSPS) is 12.1. The minimum atomic E-state index is -0.547. The minimum absolute atomic E-state index is 0.125. The molecule has 1 heterocycles. The lowest BCUT2D eigenvalue weighted by Gasteiger charge is -2.27. The zero-order chi connectivity index (χ0) is 14.7. The van der Waals surface area contributed by atoms with Crippen LogP contribution in [-0.4, -0.2) is 24.1 Å². The summed E-state index contributed by atoms with van der Waals surface area (Å²) in [6.07, 6.45) is 1.10. The molecule has 0 spiro atoms. The fourth-order valence-corrected chi connectivity index (χ4v) is 1.93. The summed E-state index contributed by atoms with van der Waals surface area (Å²) in [5.74, 6) is -0.432. The molecule has 6 heteroatoms. The Morgan fingerprint density at radius 3 is 2.55 bits per heavy atom. The van der Waals surface area contributed by atoms with E-state index in [-0.39, 0.29) is 17.7 Å². The zero-order valence-corrected chi connectivity index (χ0v) is 11.6. The van der Waals surface area contributed by atoms with Gasteiger partial charge in [-0.05, 0) is 13.0 Å². The van der Waals surface area contributed by atoms with E-state index in [0.29, 0.717) is 11.5 Å². The lowest BCUT2D eigenvalue weighted by atomic mass is 10.1. The van der Waals surface area contributed by atoms with Gasteiger partial charge in [0.05, 0.1) is 12.2 Å². The lowest BCUT2D eigenvalue weighted by molar-refractivity contribution is 0.568. The Labute approximate surface area is 116 Å². The lowest BCUT2D eigenvalue weighted by Crippen LogP contribution is -2.25. The van der Waals surface area contributed by atoms with Crippen LogP contribution in [0.25, 0.3) is 0 Å². The number of hydrogen-bond acceptors (Lipinski definition) is 4. The molecule has 2 aromatic rings. The van der Waals surface area contributed by atoms with Crippen LogP contribution in [0.15, 0.2) is 30.5 Å². The molecule has 0 aliphatic rings. The first-order valence-corrected chi connectivity index (χ1v) is 6.22. The first-order chi connectivity index (χ1) is 9.54. The predicted molar refractivity (Wildman–Crippen MR) is 74.8 cm³/mol. The Bertz CT molecular complexity index is 603. The summed E-state index contributed by atoms with van der Waals surface area (Å²) in [6.45, 7) is 1.79. The molecule has 0 saturated carbocycles. The van der Waals surface area contributed by atoms with E-state index in [2.05, 4.69) is 15.3 Å². The largest absolute Gasteiger partial charge is 0.357 e. The van der Waals surface area contributed by atoms with Crippen LogP contribution in [-0.2, 0) is 0 Å². The molecule has 20 heavy (non-hydrogen) atoms. The molecule has 1 atom stereocenters. The third-order valence-corrected chi connectivity index (χ3v) is 3.22. The van der Waals surface area contributed by atoms with Crippen molar-refractivity contribution in [2.24, 2.45) is 0 Å². The van der Waals surface area contributed by atoms with Crippen molar-refractivity contribution in [1.82, 2.24) is 9.97 Å². The van der Waals surface area contributed by atoms with Crippen molar-refractivity contribution in [3.63, 3.8) is 0 Å². The van der Waals surface area contributed by atoms with Gasteiger partial charge in [-0.1, -0.05) is 18.2 Å². The summed E-state index contributed by atoms with van der Waals surface area (Å²) in [7, 11) is 3.32. The maximum absolute atomic E-state index is 13.8.